The highest BCUT2D eigenvalue weighted by Crippen LogP contribution is 2.33. The normalized spacial score (nSPS) is 21.9. The van der Waals surface area contributed by atoms with Gasteiger partial charge >= 0.3 is 0 Å². The molecule has 31 heavy (non-hydrogen) atoms. The van der Waals surface area contributed by atoms with Gasteiger partial charge in [-0.1, -0.05) is 6.08 Å². The lowest BCUT2D eigenvalue weighted by Crippen LogP contribution is -2.54. The maximum absolute atomic E-state index is 6.18. The Balaban J connectivity index is 1.37. The first-order chi connectivity index (χ1) is 15.2. The molecule has 2 N–H and O–H groups in total. The number of aromatic nitrogens is 4. The molecule has 1 fully saturated rings. The molecule has 0 aliphatic carbocycles. The predicted molar refractivity (Wildman–Crippen MR) is 120 cm³/mol. The number of fused-ring (bicyclic) bond motifs is 1. The molecule has 5 rings (SSSR count). The van der Waals surface area contributed by atoms with Gasteiger partial charge in [0.05, 0.1) is 30.5 Å². The van der Waals surface area contributed by atoms with Gasteiger partial charge in [-0.2, -0.15) is 0 Å². The number of piperazine rings is 1. The second kappa shape index (κ2) is 8.64. The van der Waals surface area contributed by atoms with Crippen LogP contribution in [-0.4, -0.2) is 58.3 Å². The summed E-state index contributed by atoms with van der Waals surface area (Å²) in [5.74, 6) is 0.587. The molecular formula is C23H28N6O2. The number of aromatic amines is 1. The van der Waals surface area contributed by atoms with E-state index in [2.05, 4.69) is 56.1 Å². The van der Waals surface area contributed by atoms with Crippen molar-refractivity contribution in [3.8, 4) is 5.88 Å². The second-order valence-corrected chi connectivity index (χ2v) is 8.37. The van der Waals surface area contributed by atoms with E-state index >= 15 is 0 Å². The third kappa shape index (κ3) is 4.26. The van der Waals surface area contributed by atoms with Crippen LogP contribution in [0.25, 0.3) is 16.6 Å². The molecule has 0 saturated carbocycles. The van der Waals surface area contributed by atoms with Gasteiger partial charge in [-0.25, -0.2) is 9.97 Å². The Bertz CT molecular complexity index is 1080. The van der Waals surface area contributed by atoms with Crippen LogP contribution in [0.15, 0.2) is 37.1 Å². The molecule has 162 valence electrons. The van der Waals surface area contributed by atoms with E-state index in [-0.39, 0.29) is 0 Å². The van der Waals surface area contributed by atoms with Crippen LogP contribution in [0.4, 0.5) is 5.69 Å². The number of hydrogen-bond donors (Lipinski definition) is 2. The molecule has 8 heteroatoms. The topological polar surface area (TPSA) is 88.2 Å². The van der Waals surface area contributed by atoms with E-state index in [1.807, 2.05) is 18.6 Å². The maximum Gasteiger partial charge on any atom is 0.227 e. The van der Waals surface area contributed by atoms with Crippen molar-refractivity contribution in [1.82, 2.24) is 25.3 Å². The highest BCUT2D eigenvalue weighted by Gasteiger charge is 2.22. The summed E-state index contributed by atoms with van der Waals surface area (Å²) in [6.07, 6.45) is 10.3. The van der Waals surface area contributed by atoms with Crippen LogP contribution in [0.5, 0.6) is 5.88 Å². The van der Waals surface area contributed by atoms with Crippen molar-refractivity contribution in [3.63, 3.8) is 0 Å². The van der Waals surface area contributed by atoms with E-state index in [1.54, 1.807) is 0 Å². The van der Waals surface area contributed by atoms with Crippen LogP contribution in [0.1, 0.15) is 31.4 Å². The van der Waals surface area contributed by atoms with Gasteiger partial charge in [0, 0.05) is 48.7 Å². The Morgan fingerprint density at radius 2 is 2.06 bits per heavy atom. The molecule has 2 atom stereocenters. The zero-order valence-electron chi connectivity index (χ0n) is 18.0. The highest BCUT2D eigenvalue weighted by atomic mass is 16.5. The van der Waals surface area contributed by atoms with E-state index in [1.165, 1.54) is 11.9 Å². The SMILES string of the molecule is C[C@@H]1CN(c2cncc(COc3ncnc4[nH]cc(C5=CCOCC5)c34)c2)C[C@H](C)N1. The smallest absolute Gasteiger partial charge is 0.227 e. The summed E-state index contributed by atoms with van der Waals surface area (Å²) in [6, 6.07) is 3.06. The molecule has 2 aliphatic heterocycles. The Morgan fingerprint density at radius 3 is 2.87 bits per heavy atom. The summed E-state index contributed by atoms with van der Waals surface area (Å²) in [6.45, 7) is 8.12. The van der Waals surface area contributed by atoms with Gasteiger partial charge in [-0.3, -0.25) is 4.98 Å². The predicted octanol–water partition coefficient (Wildman–Crippen LogP) is 2.92. The van der Waals surface area contributed by atoms with Crippen molar-refractivity contribution in [2.24, 2.45) is 0 Å². The minimum Gasteiger partial charge on any atom is -0.472 e. The fourth-order valence-corrected chi connectivity index (χ4v) is 4.48. The van der Waals surface area contributed by atoms with Crippen molar-refractivity contribution >= 4 is 22.3 Å². The fraction of sp³-hybridized carbons (Fsp3) is 0.435. The molecule has 3 aromatic rings. The number of H-pyrrole nitrogens is 1. The first kappa shape index (κ1) is 20.0. The molecule has 0 amide bonds. The van der Waals surface area contributed by atoms with Gasteiger partial charge in [0.1, 0.15) is 18.6 Å². The summed E-state index contributed by atoms with van der Waals surface area (Å²) in [7, 11) is 0. The van der Waals surface area contributed by atoms with Crippen molar-refractivity contribution < 1.29 is 9.47 Å². The molecule has 0 bridgehead atoms. The third-order valence-electron chi connectivity index (χ3n) is 5.82. The molecule has 0 aromatic carbocycles. The van der Waals surface area contributed by atoms with Crippen LogP contribution in [0.2, 0.25) is 0 Å². The quantitative estimate of drug-likeness (QED) is 0.656. The Morgan fingerprint density at radius 1 is 1.19 bits per heavy atom. The minimum absolute atomic E-state index is 0.400. The number of pyridine rings is 1. The van der Waals surface area contributed by atoms with E-state index in [0.717, 1.165) is 54.0 Å². The van der Waals surface area contributed by atoms with E-state index in [4.69, 9.17) is 9.47 Å². The van der Waals surface area contributed by atoms with Crippen molar-refractivity contribution in [2.75, 3.05) is 31.2 Å². The lowest BCUT2D eigenvalue weighted by molar-refractivity contribution is 0.161. The van der Waals surface area contributed by atoms with Crippen LogP contribution in [0, 0.1) is 0 Å². The summed E-state index contributed by atoms with van der Waals surface area (Å²) in [5, 5.41) is 4.49. The first-order valence-corrected chi connectivity index (χ1v) is 10.8. The van der Waals surface area contributed by atoms with Crippen molar-refractivity contribution in [2.45, 2.75) is 39.0 Å². The van der Waals surface area contributed by atoms with E-state index < -0.39 is 0 Å². The molecule has 8 nitrogen and oxygen atoms in total. The summed E-state index contributed by atoms with van der Waals surface area (Å²) in [4.78, 5) is 18.9. The van der Waals surface area contributed by atoms with Gasteiger partial charge in [0.15, 0.2) is 0 Å². The summed E-state index contributed by atoms with van der Waals surface area (Å²) in [5.41, 5.74) is 5.25. The standard InChI is InChI=1S/C23H28N6O2/c1-15-11-29(12-16(2)28-15)19-7-17(8-24-9-19)13-31-23-21-20(18-3-5-30-6-4-18)10-25-22(21)26-14-27-23/h3,7-10,14-16,28H,4-6,11-13H2,1-2H3,(H,25,26,27)/t15-,16+. The molecule has 3 aromatic heterocycles. The van der Waals surface area contributed by atoms with Gasteiger partial charge in [-0.15, -0.1) is 0 Å². The summed E-state index contributed by atoms with van der Waals surface area (Å²) >= 11 is 0. The van der Waals surface area contributed by atoms with Crippen LogP contribution in [-0.2, 0) is 11.3 Å². The zero-order chi connectivity index (χ0) is 21.2. The molecular weight excluding hydrogens is 392 g/mol. The number of rotatable bonds is 5. The Hall–Kier alpha value is -2.97. The lowest BCUT2D eigenvalue weighted by Gasteiger charge is -2.37. The molecule has 1 saturated heterocycles. The van der Waals surface area contributed by atoms with Crippen molar-refractivity contribution in [1.29, 1.82) is 0 Å². The van der Waals surface area contributed by atoms with E-state index in [9.17, 15) is 0 Å². The monoisotopic (exact) mass is 420 g/mol. The molecule has 5 heterocycles. The van der Waals surface area contributed by atoms with Crippen LogP contribution in [0.3, 0.4) is 0 Å². The van der Waals surface area contributed by atoms with E-state index in [0.29, 0.717) is 31.2 Å². The Kier molecular flexibility index (Phi) is 5.57. The van der Waals surface area contributed by atoms with Gasteiger partial charge in [-0.05, 0) is 31.9 Å². The number of anilines is 1. The third-order valence-corrected chi connectivity index (χ3v) is 5.82. The number of nitrogens with zero attached hydrogens (tertiary/aromatic N) is 4. The van der Waals surface area contributed by atoms with Crippen LogP contribution < -0.4 is 15.0 Å². The minimum atomic E-state index is 0.400. The van der Waals surface area contributed by atoms with Gasteiger partial charge < -0.3 is 24.7 Å². The number of nitrogens with one attached hydrogen (secondary N) is 2. The van der Waals surface area contributed by atoms with Gasteiger partial charge in [0.2, 0.25) is 5.88 Å². The largest absolute Gasteiger partial charge is 0.472 e. The van der Waals surface area contributed by atoms with Crippen molar-refractivity contribution in [3.05, 3.63) is 48.2 Å². The first-order valence-electron chi connectivity index (χ1n) is 10.8. The lowest BCUT2D eigenvalue weighted by atomic mass is 10.0. The molecule has 0 spiro atoms. The molecule has 0 unspecified atom stereocenters. The highest BCUT2D eigenvalue weighted by molar-refractivity contribution is 5.94. The molecule has 2 aliphatic rings. The Labute approximate surface area is 181 Å². The number of ether oxygens (including phenoxy) is 2. The second-order valence-electron chi connectivity index (χ2n) is 8.37. The summed E-state index contributed by atoms with van der Waals surface area (Å²) < 4.78 is 11.6. The number of hydrogen-bond acceptors (Lipinski definition) is 7. The van der Waals surface area contributed by atoms with Gasteiger partial charge in [0.25, 0.3) is 0 Å². The average Bonchev–Trinajstić information content (AvgIpc) is 3.23. The van der Waals surface area contributed by atoms with Crippen LogP contribution >= 0.6 is 0 Å². The maximum atomic E-state index is 6.18. The average molecular weight is 421 g/mol. The fourth-order valence-electron chi connectivity index (χ4n) is 4.48. The molecule has 0 radical (unpaired) electrons. The zero-order valence-corrected chi connectivity index (χ0v) is 18.0.